The highest BCUT2D eigenvalue weighted by atomic mass is 16.7. The zero-order valence-electron chi connectivity index (χ0n) is 15.5. The van der Waals surface area contributed by atoms with Gasteiger partial charge in [0.05, 0.1) is 5.69 Å². The Labute approximate surface area is 157 Å². The van der Waals surface area contributed by atoms with E-state index < -0.39 is 23.8 Å². The molecule has 4 rings (SSSR count). The molecule has 27 heavy (non-hydrogen) atoms. The van der Waals surface area contributed by atoms with E-state index in [9.17, 15) is 19.8 Å². The van der Waals surface area contributed by atoms with Crippen molar-refractivity contribution < 1.29 is 29.3 Å². The molecule has 2 aliphatic heterocycles. The molecule has 2 saturated heterocycles. The maximum atomic E-state index is 12.4. The average molecular weight is 373 g/mol. The third kappa shape index (κ3) is 2.68. The van der Waals surface area contributed by atoms with Crippen LogP contribution in [0.3, 0.4) is 0 Å². The Kier molecular flexibility index (Phi) is 3.96. The van der Waals surface area contributed by atoms with Gasteiger partial charge < -0.3 is 25.0 Å². The number of carbonyl (C=O) groups is 2. The van der Waals surface area contributed by atoms with Crippen molar-refractivity contribution in [2.24, 2.45) is 5.92 Å². The van der Waals surface area contributed by atoms with Crippen LogP contribution in [0.2, 0.25) is 0 Å². The number of esters is 1. The summed E-state index contributed by atoms with van der Waals surface area (Å²) >= 11 is 0. The van der Waals surface area contributed by atoms with Crippen LogP contribution in [0.1, 0.15) is 50.8 Å². The average Bonchev–Trinajstić information content (AvgIpc) is 3.27. The van der Waals surface area contributed by atoms with Gasteiger partial charge in [-0.3, -0.25) is 4.79 Å². The fraction of sp³-hybridized carbons (Fsp3) is 0.500. The van der Waals surface area contributed by atoms with E-state index in [1.54, 1.807) is 13.8 Å². The first-order valence-electron chi connectivity index (χ1n) is 9.17. The molecule has 144 valence electrons. The molecule has 7 nitrogen and oxygen atoms in total. The Balaban J connectivity index is 1.85. The molecule has 3 N–H and O–H groups in total. The molecule has 0 saturated carbocycles. The van der Waals surface area contributed by atoms with Crippen molar-refractivity contribution in [2.75, 3.05) is 5.32 Å². The van der Waals surface area contributed by atoms with Gasteiger partial charge in [0, 0.05) is 23.1 Å². The van der Waals surface area contributed by atoms with Crippen LogP contribution < -0.4 is 5.32 Å². The van der Waals surface area contributed by atoms with E-state index in [4.69, 9.17) is 9.47 Å². The molecule has 0 radical (unpaired) electrons. The molecule has 1 aliphatic carbocycles. The first kappa shape index (κ1) is 17.9. The van der Waals surface area contributed by atoms with Crippen LogP contribution in [-0.4, -0.2) is 33.8 Å². The van der Waals surface area contributed by atoms with Crippen molar-refractivity contribution in [3.05, 3.63) is 28.8 Å². The van der Waals surface area contributed by atoms with Crippen LogP contribution in [0.15, 0.2) is 17.7 Å². The van der Waals surface area contributed by atoms with Gasteiger partial charge in [0.1, 0.15) is 17.6 Å². The van der Waals surface area contributed by atoms with E-state index >= 15 is 0 Å². The highest BCUT2D eigenvalue weighted by Gasteiger charge is 2.73. The summed E-state index contributed by atoms with van der Waals surface area (Å²) in [5.41, 5.74) is 0.927. The summed E-state index contributed by atoms with van der Waals surface area (Å²) in [5, 5.41) is 24.2. The summed E-state index contributed by atoms with van der Waals surface area (Å²) in [6.07, 6.45) is 2.32. The molecule has 1 aromatic rings. The van der Waals surface area contributed by atoms with E-state index in [2.05, 4.69) is 5.32 Å². The number of hydrogen-bond donors (Lipinski definition) is 3. The van der Waals surface area contributed by atoms with Crippen LogP contribution >= 0.6 is 0 Å². The molecule has 2 bridgehead atoms. The molecule has 3 aliphatic rings. The number of hydrogen-bond acceptors (Lipinski definition) is 6. The number of aromatic hydroxyl groups is 2. The van der Waals surface area contributed by atoms with Gasteiger partial charge in [-0.15, -0.1) is 0 Å². The zero-order chi connectivity index (χ0) is 19.5. The lowest BCUT2D eigenvalue weighted by Gasteiger charge is -2.22. The number of epoxide rings is 1. The molecule has 2 heterocycles. The monoisotopic (exact) mass is 373 g/mol. The lowest BCUT2D eigenvalue weighted by molar-refractivity contribution is -0.154. The largest absolute Gasteiger partial charge is 0.508 e. The zero-order valence-corrected chi connectivity index (χ0v) is 15.5. The second kappa shape index (κ2) is 5.99. The predicted octanol–water partition coefficient (Wildman–Crippen LogP) is 2.71. The van der Waals surface area contributed by atoms with Gasteiger partial charge >= 0.3 is 5.97 Å². The molecular formula is C20H23NO6. The molecule has 2 fully saturated rings. The Morgan fingerprint density at radius 2 is 2.11 bits per heavy atom. The maximum Gasteiger partial charge on any atom is 0.342 e. The number of carbonyl (C=O) groups excluding carboxylic acids is 2. The summed E-state index contributed by atoms with van der Waals surface area (Å²) in [7, 11) is 0. The normalized spacial score (nSPS) is 28.7. The topological polar surface area (TPSA) is 108 Å². The molecule has 0 unspecified atom stereocenters. The molecule has 1 aromatic carbocycles. The third-order valence-corrected chi connectivity index (χ3v) is 5.55. The van der Waals surface area contributed by atoms with Crippen LogP contribution in [-0.2, 0) is 25.5 Å². The van der Waals surface area contributed by atoms with E-state index in [0.29, 0.717) is 30.4 Å². The summed E-state index contributed by atoms with van der Waals surface area (Å²) in [6, 6.07) is 1.34. The van der Waals surface area contributed by atoms with Gasteiger partial charge in [0.25, 0.3) is 0 Å². The lowest BCUT2D eigenvalue weighted by atomic mass is 9.88. The smallest absolute Gasteiger partial charge is 0.342 e. The number of ether oxygens (including phenoxy) is 2. The number of phenolic OH excluding ortho intramolecular Hbond substituents is 2. The van der Waals surface area contributed by atoms with Crippen LogP contribution in [0.25, 0.3) is 0 Å². The van der Waals surface area contributed by atoms with Crippen molar-refractivity contribution in [3.63, 3.8) is 0 Å². The maximum absolute atomic E-state index is 12.4. The van der Waals surface area contributed by atoms with Gasteiger partial charge in [-0.2, -0.15) is 0 Å². The summed E-state index contributed by atoms with van der Waals surface area (Å²) in [5.74, 6) is -1.29. The molecule has 0 spiro atoms. The standard InChI is InChI=1S/C20H23NO6/c1-9(2)18(24)21-12-8-13(22)11-7-10(3)5-4-6-20-17(27-20)16(26-19(20)25)14(11)15(12)23/h5,8-9,16-17,22-23H,4,6-7H2,1-3H3,(H,21,24)/t16-,17-,20-/m1/s1. The summed E-state index contributed by atoms with van der Waals surface area (Å²) in [4.78, 5) is 24.5. The minimum absolute atomic E-state index is 0.0654. The van der Waals surface area contributed by atoms with Gasteiger partial charge in [-0.05, 0) is 26.2 Å². The third-order valence-electron chi connectivity index (χ3n) is 5.55. The molecule has 7 heteroatoms. The van der Waals surface area contributed by atoms with Gasteiger partial charge in [0.2, 0.25) is 5.91 Å². The first-order chi connectivity index (χ1) is 12.7. The summed E-state index contributed by atoms with van der Waals surface area (Å²) < 4.78 is 11.3. The quantitative estimate of drug-likeness (QED) is 0.242. The fourth-order valence-corrected chi connectivity index (χ4v) is 3.92. The fourth-order valence-electron chi connectivity index (χ4n) is 3.92. The van der Waals surface area contributed by atoms with Crippen LogP contribution in [0, 0.1) is 5.92 Å². The Morgan fingerprint density at radius 1 is 1.37 bits per heavy atom. The van der Waals surface area contributed by atoms with Gasteiger partial charge in [-0.25, -0.2) is 4.79 Å². The van der Waals surface area contributed by atoms with E-state index in [0.717, 1.165) is 5.57 Å². The molecule has 1 amide bonds. The van der Waals surface area contributed by atoms with Crippen molar-refractivity contribution in [3.8, 4) is 11.5 Å². The second-order valence-electron chi connectivity index (χ2n) is 7.85. The van der Waals surface area contributed by atoms with Crippen LogP contribution in [0.4, 0.5) is 5.69 Å². The number of allylic oxidation sites excluding steroid dienone is 2. The Morgan fingerprint density at radius 3 is 2.78 bits per heavy atom. The van der Waals surface area contributed by atoms with Gasteiger partial charge in [0.15, 0.2) is 11.7 Å². The number of anilines is 1. The van der Waals surface area contributed by atoms with E-state index in [1.165, 1.54) is 6.07 Å². The van der Waals surface area contributed by atoms with E-state index in [-0.39, 0.29) is 29.0 Å². The number of nitrogens with one attached hydrogen (secondary N) is 1. The number of phenols is 2. The summed E-state index contributed by atoms with van der Waals surface area (Å²) in [6.45, 7) is 5.39. The minimum Gasteiger partial charge on any atom is -0.508 e. The Bertz CT molecular complexity index is 874. The minimum atomic E-state index is -0.963. The first-order valence-corrected chi connectivity index (χ1v) is 9.17. The number of benzene rings is 1. The molecular weight excluding hydrogens is 350 g/mol. The van der Waals surface area contributed by atoms with Crippen LogP contribution in [0.5, 0.6) is 11.5 Å². The highest BCUT2D eigenvalue weighted by molar-refractivity contribution is 5.94. The number of rotatable bonds is 2. The van der Waals surface area contributed by atoms with Crippen molar-refractivity contribution in [2.45, 2.75) is 57.8 Å². The highest BCUT2D eigenvalue weighted by Crippen LogP contribution is 2.59. The Hall–Kier alpha value is -2.54. The molecule has 0 aromatic heterocycles. The predicted molar refractivity (Wildman–Crippen MR) is 96.4 cm³/mol. The van der Waals surface area contributed by atoms with Crippen molar-refractivity contribution >= 4 is 17.6 Å². The number of amides is 1. The second-order valence-corrected chi connectivity index (χ2v) is 7.85. The van der Waals surface area contributed by atoms with Crippen molar-refractivity contribution in [1.82, 2.24) is 0 Å². The number of fused-ring (bicyclic) bond motifs is 2. The van der Waals surface area contributed by atoms with E-state index in [1.807, 2.05) is 13.0 Å². The van der Waals surface area contributed by atoms with Crippen molar-refractivity contribution in [1.29, 1.82) is 0 Å². The SMILES string of the molecule is CC1=CCC[C@@]23O[C@@H]2[C@H](OC3=O)c2c(O)c(NC(=O)C(C)C)cc(O)c2C1. The molecule has 3 atom stereocenters. The van der Waals surface area contributed by atoms with Gasteiger partial charge in [-0.1, -0.05) is 25.5 Å². The lowest BCUT2D eigenvalue weighted by Crippen LogP contribution is -2.22.